The number of pyridine rings is 1. The summed E-state index contributed by atoms with van der Waals surface area (Å²) < 4.78 is 0. The van der Waals surface area contributed by atoms with Crippen molar-refractivity contribution in [1.82, 2.24) is 4.98 Å². The summed E-state index contributed by atoms with van der Waals surface area (Å²) in [6.07, 6.45) is 0.228. The molecule has 30 heavy (non-hydrogen) atoms. The molecule has 0 amide bonds. The van der Waals surface area contributed by atoms with E-state index in [1.54, 1.807) is 7.11 Å². The zero-order valence-electron chi connectivity index (χ0n) is 16.9. The second-order valence-electron chi connectivity index (χ2n) is 7.80. The van der Waals surface area contributed by atoms with Crippen LogP contribution in [0.4, 0.5) is 5.69 Å². The van der Waals surface area contributed by atoms with Crippen molar-refractivity contribution in [3.63, 3.8) is 0 Å². The molecule has 0 saturated heterocycles. The highest BCUT2D eigenvalue weighted by atomic mass is 16.7. The van der Waals surface area contributed by atoms with E-state index in [2.05, 4.69) is 30.3 Å². The smallest absolute Gasteiger partial charge is 0.0860 e. The Morgan fingerprint density at radius 3 is 2.60 bits per heavy atom. The van der Waals surface area contributed by atoms with Crippen molar-refractivity contribution in [1.29, 1.82) is 0 Å². The van der Waals surface area contributed by atoms with Crippen LogP contribution in [-0.4, -0.2) is 23.7 Å². The van der Waals surface area contributed by atoms with E-state index in [-0.39, 0.29) is 5.92 Å². The third-order valence-electron chi connectivity index (χ3n) is 5.92. The summed E-state index contributed by atoms with van der Waals surface area (Å²) in [6, 6.07) is 28.7. The van der Waals surface area contributed by atoms with Crippen molar-refractivity contribution in [2.24, 2.45) is 5.92 Å². The van der Waals surface area contributed by atoms with Crippen LogP contribution >= 0.6 is 0 Å². The molecule has 4 aromatic rings. The molecule has 0 fully saturated rings. The number of fused-ring (bicyclic) bond motifs is 2. The molecule has 1 aliphatic heterocycles. The molecule has 1 aliphatic rings. The lowest BCUT2D eigenvalue weighted by Crippen LogP contribution is -2.38. The molecule has 0 spiro atoms. The Hall–Kier alpha value is -3.21. The number of aliphatic hydroxyl groups is 1. The Morgan fingerprint density at radius 1 is 0.967 bits per heavy atom. The number of aliphatic hydroxyl groups excluding tert-OH is 1. The predicted molar refractivity (Wildman–Crippen MR) is 120 cm³/mol. The van der Waals surface area contributed by atoms with Crippen LogP contribution in [0.25, 0.3) is 22.2 Å². The molecule has 5 rings (SSSR count). The van der Waals surface area contributed by atoms with Crippen molar-refractivity contribution >= 4 is 16.6 Å². The third kappa shape index (κ3) is 3.45. The molecule has 2 heterocycles. The van der Waals surface area contributed by atoms with Crippen LogP contribution in [0.2, 0.25) is 0 Å². The van der Waals surface area contributed by atoms with Crippen LogP contribution in [0.1, 0.15) is 17.2 Å². The van der Waals surface area contributed by atoms with Gasteiger partial charge >= 0.3 is 0 Å². The van der Waals surface area contributed by atoms with E-state index in [0.717, 1.165) is 39.8 Å². The average Bonchev–Trinajstić information content (AvgIpc) is 2.81. The number of nitrogens with zero attached hydrogens (tertiary/aromatic N) is 2. The van der Waals surface area contributed by atoms with Crippen molar-refractivity contribution < 1.29 is 9.94 Å². The molecule has 0 unspecified atom stereocenters. The van der Waals surface area contributed by atoms with Gasteiger partial charge < -0.3 is 5.11 Å². The maximum Gasteiger partial charge on any atom is 0.0860 e. The summed E-state index contributed by atoms with van der Waals surface area (Å²) in [5.41, 5.74) is 5.88. The molecule has 4 heteroatoms. The third-order valence-corrected chi connectivity index (χ3v) is 5.92. The second-order valence-corrected chi connectivity index (χ2v) is 7.80. The normalized spacial score (nSPS) is 18.4. The number of aromatic nitrogens is 1. The van der Waals surface area contributed by atoms with E-state index < -0.39 is 6.10 Å². The number of anilines is 1. The number of para-hydroxylation sites is 1. The van der Waals surface area contributed by atoms with Crippen molar-refractivity contribution in [2.45, 2.75) is 12.5 Å². The molecule has 3 aromatic carbocycles. The molecule has 150 valence electrons. The average molecular weight is 396 g/mol. The molecular formula is C26H24N2O2. The number of benzene rings is 3. The molecule has 0 saturated carbocycles. The highest BCUT2D eigenvalue weighted by molar-refractivity contribution is 5.82. The van der Waals surface area contributed by atoms with Crippen LogP contribution in [0.5, 0.6) is 0 Å². The Balaban J connectivity index is 1.52. The first-order valence-electron chi connectivity index (χ1n) is 10.3. The number of rotatable bonds is 4. The maximum atomic E-state index is 11.2. The Kier molecular flexibility index (Phi) is 4.95. The summed E-state index contributed by atoms with van der Waals surface area (Å²) in [6.45, 7) is 0.646. The minimum Gasteiger partial charge on any atom is -0.388 e. The fourth-order valence-electron chi connectivity index (χ4n) is 4.34. The van der Waals surface area contributed by atoms with Gasteiger partial charge in [0, 0.05) is 22.4 Å². The Bertz CT molecular complexity index is 1180. The fraction of sp³-hybridized carbons (Fsp3) is 0.192. The quantitative estimate of drug-likeness (QED) is 0.517. The fourth-order valence-corrected chi connectivity index (χ4v) is 4.34. The van der Waals surface area contributed by atoms with Gasteiger partial charge in [0.25, 0.3) is 0 Å². The molecule has 2 atom stereocenters. The van der Waals surface area contributed by atoms with E-state index in [1.165, 1.54) is 5.56 Å². The molecule has 4 nitrogen and oxygen atoms in total. The number of hydrogen-bond acceptors (Lipinski definition) is 4. The molecule has 0 aliphatic carbocycles. The van der Waals surface area contributed by atoms with Crippen molar-refractivity contribution in [3.8, 4) is 11.3 Å². The summed E-state index contributed by atoms with van der Waals surface area (Å²) in [5, 5.41) is 14.2. The Labute approximate surface area is 176 Å². The number of hydrogen-bond donors (Lipinski definition) is 1. The molecule has 1 aromatic heterocycles. The van der Waals surface area contributed by atoms with Crippen LogP contribution < -0.4 is 5.06 Å². The van der Waals surface area contributed by atoms with Crippen LogP contribution in [0, 0.1) is 5.92 Å². The maximum absolute atomic E-state index is 11.2. The van der Waals surface area contributed by atoms with Crippen LogP contribution in [0.15, 0.2) is 84.9 Å². The van der Waals surface area contributed by atoms with Gasteiger partial charge in [-0.1, -0.05) is 60.7 Å². The van der Waals surface area contributed by atoms with E-state index in [1.807, 2.05) is 59.7 Å². The van der Waals surface area contributed by atoms with Gasteiger partial charge in [0.2, 0.25) is 0 Å². The van der Waals surface area contributed by atoms with E-state index in [9.17, 15) is 5.11 Å². The lowest BCUT2D eigenvalue weighted by molar-refractivity contribution is 0.0656. The van der Waals surface area contributed by atoms with E-state index in [4.69, 9.17) is 9.82 Å². The molecule has 1 N–H and O–H groups in total. The zero-order valence-corrected chi connectivity index (χ0v) is 16.9. The molecular weight excluding hydrogens is 372 g/mol. The highest BCUT2D eigenvalue weighted by Gasteiger charge is 2.33. The summed E-state index contributed by atoms with van der Waals surface area (Å²) in [7, 11) is 1.68. The second kappa shape index (κ2) is 7.90. The predicted octanol–water partition coefficient (Wildman–Crippen LogP) is 5.18. The van der Waals surface area contributed by atoms with Gasteiger partial charge in [0.15, 0.2) is 0 Å². The molecule has 0 bridgehead atoms. The zero-order chi connectivity index (χ0) is 20.5. The first kappa shape index (κ1) is 18.8. The number of hydroxylamine groups is 1. The van der Waals surface area contributed by atoms with Crippen LogP contribution in [-0.2, 0) is 11.3 Å². The van der Waals surface area contributed by atoms with Crippen molar-refractivity contribution in [2.75, 3.05) is 18.7 Å². The highest BCUT2D eigenvalue weighted by Crippen LogP contribution is 2.40. The minimum atomic E-state index is -0.563. The topological polar surface area (TPSA) is 45.6 Å². The van der Waals surface area contributed by atoms with Gasteiger partial charge in [-0.3, -0.25) is 9.90 Å². The van der Waals surface area contributed by atoms with Gasteiger partial charge in [-0.15, -0.1) is 0 Å². The SMILES string of the molecule is CON1C[C@@H](Cc2ccccc2)[C@H](O)c2cc(-c3ccc4ccccc4n3)ccc21. The largest absolute Gasteiger partial charge is 0.388 e. The van der Waals surface area contributed by atoms with Gasteiger partial charge in [-0.25, -0.2) is 4.98 Å². The summed E-state index contributed by atoms with van der Waals surface area (Å²) >= 11 is 0. The van der Waals surface area contributed by atoms with Gasteiger partial charge in [0.05, 0.1) is 36.7 Å². The molecule has 0 radical (unpaired) electrons. The van der Waals surface area contributed by atoms with E-state index >= 15 is 0 Å². The minimum absolute atomic E-state index is 0.0414. The lowest BCUT2D eigenvalue weighted by Gasteiger charge is -2.37. The Morgan fingerprint density at radius 2 is 1.77 bits per heavy atom. The summed E-state index contributed by atoms with van der Waals surface area (Å²) in [4.78, 5) is 10.5. The summed E-state index contributed by atoms with van der Waals surface area (Å²) in [5.74, 6) is 0.0414. The monoisotopic (exact) mass is 396 g/mol. The van der Waals surface area contributed by atoms with E-state index in [0.29, 0.717) is 6.54 Å². The standard InChI is InChI=1S/C26H24N2O2/c1-30-28-17-21(15-18-7-3-2-4-8-18)26(29)22-16-20(12-14-25(22)28)24-13-11-19-9-5-6-10-23(19)27-24/h2-14,16,21,26,29H,15,17H2,1H3/t21-,26+/m1/s1. The lowest BCUT2D eigenvalue weighted by atomic mass is 9.85. The van der Waals surface area contributed by atoms with Gasteiger partial charge in [-0.2, -0.15) is 0 Å². The van der Waals surface area contributed by atoms with Gasteiger partial charge in [-0.05, 0) is 36.2 Å². The van der Waals surface area contributed by atoms with Crippen molar-refractivity contribution in [3.05, 3.63) is 96.1 Å². The first-order valence-corrected chi connectivity index (χ1v) is 10.3. The van der Waals surface area contributed by atoms with Crippen LogP contribution in [0.3, 0.4) is 0 Å². The van der Waals surface area contributed by atoms with Gasteiger partial charge in [0.1, 0.15) is 0 Å². The first-order chi connectivity index (χ1) is 14.7.